The summed E-state index contributed by atoms with van der Waals surface area (Å²) in [6.45, 7) is 3.91. The number of rotatable bonds is 7. The molecule has 1 aliphatic rings. The highest BCUT2D eigenvalue weighted by Crippen LogP contribution is 2.35. The second-order valence-corrected chi connectivity index (χ2v) is 9.52. The number of alkyl halides is 3. The fourth-order valence-electron chi connectivity index (χ4n) is 4.51. The summed E-state index contributed by atoms with van der Waals surface area (Å²) < 4.78 is 43.4. The molecule has 38 heavy (non-hydrogen) atoms. The zero-order chi connectivity index (χ0) is 27.8. The quantitative estimate of drug-likeness (QED) is 0.487. The van der Waals surface area contributed by atoms with Crippen LogP contribution >= 0.6 is 0 Å². The number of carbonyl (C=O) groups excluding carboxylic acids is 2. The number of primary amides is 1. The Bertz CT molecular complexity index is 1370. The summed E-state index contributed by atoms with van der Waals surface area (Å²) in [6.07, 6.45) is -3.09. The van der Waals surface area contributed by atoms with Crippen molar-refractivity contribution < 1.29 is 22.8 Å². The first kappa shape index (κ1) is 27.3. The molecule has 202 valence electrons. The van der Waals surface area contributed by atoms with Gasteiger partial charge in [-0.25, -0.2) is 15.0 Å². The van der Waals surface area contributed by atoms with Crippen LogP contribution in [0.15, 0.2) is 42.6 Å². The predicted molar refractivity (Wildman–Crippen MR) is 137 cm³/mol. The van der Waals surface area contributed by atoms with Crippen molar-refractivity contribution in [3.05, 3.63) is 70.7 Å². The molecule has 3 aromatic rings. The predicted octanol–water partition coefficient (Wildman–Crippen LogP) is 3.32. The Balaban J connectivity index is 1.57. The Morgan fingerprint density at radius 1 is 1.13 bits per heavy atom. The summed E-state index contributed by atoms with van der Waals surface area (Å²) in [5, 5.41) is 6.55. The number of benzene rings is 2. The maximum absolute atomic E-state index is 14.0. The Kier molecular flexibility index (Phi) is 7.58. The van der Waals surface area contributed by atoms with Gasteiger partial charge in [0.1, 0.15) is 0 Å². The van der Waals surface area contributed by atoms with E-state index in [9.17, 15) is 22.8 Å². The lowest BCUT2D eigenvalue weighted by atomic mass is 10.0. The van der Waals surface area contributed by atoms with Crippen molar-refractivity contribution >= 4 is 17.5 Å². The molecule has 2 amide bonds. The topological polar surface area (TPSA) is 99.7 Å². The van der Waals surface area contributed by atoms with Crippen molar-refractivity contribution in [3.63, 3.8) is 0 Å². The number of halogens is 3. The number of hydrogen-bond acceptors (Lipinski definition) is 6. The first-order chi connectivity index (χ1) is 17.8. The van der Waals surface area contributed by atoms with Crippen LogP contribution in [0.1, 0.15) is 37.7 Å². The van der Waals surface area contributed by atoms with Crippen molar-refractivity contribution in [2.45, 2.75) is 19.6 Å². The van der Waals surface area contributed by atoms with E-state index in [0.29, 0.717) is 24.5 Å². The highest BCUT2D eigenvalue weighted by Gasteiger charge is 2.35. The molecule has 0 bridgehead atoms. The van der Waals surface area contributed by atoms with Crippen molar-refractivity contribution in [2.75, 3.05) is 39.2 Å². The SMILES string of the molecule is Cc1ccc(C(=O)Nc2ccc(CN3CCN(N(C)C)C3)c(C(F)(F)F)c2)cc1-c1cnc(C(N)=O)n1C. The summed E-state index contributed by atoms with van der Waals surface area (Å²) in [5.41, 5.74) is 7.04. The minimum Gasteiger partial charge on any atom is -0.363 e. The van der Waals surface area contributed by atoms with E-state index in [4.69, 9.17) is 5.73 Å². The highest BCUT2D eigenvalue weighted by atomic mass is 19.4. The number of nitrogens with zero attached hydrogens (tertiary/aromatic N) is 5. The number of nitrogens with two attached hydrogens (primary N) is 1. The minimum atomic E-state index is -4.58. The summed E-state index contributed by atoms with van der Waals surface area (Å²) in [7, 11) is 5.43. The van der Waals surface area contributed by atoms with Crippen LogP contribution in [-0.2, 0) is 19.8 Å². The number of amides is 2. The average Bonchev–Trinajstić information content (AvgIpc) is 3.46. The zero-order valence-electron chi connectivity index (χ0n) is 21.6. The van der Waals surface area contributed by atoms with Crippen LogP contribution in [0.4, 0.5) is 18.9 Å². The summed E-state index contributed by atoms with van der Waals surface area (Å²) in [6, 6.07) is 8.79. The summed E-state index contributed by atoms with van der Waals surface area (Å²) in [4.78, 5) is 30.6. The molecule has 1 saturated heterocycles. The minimum absolute atomic E-state index is 0.0427. The lowest BCUT2D eigenvalue weighted by Gasteiger charge is -2.24. The van der Waals surface area contributed by atoms with Crippen LogP contribution in [0.3, 0.4) is 0 Å². The van der Waals surface area contributed by atoms with E-state index < -0.39 is 23.6 Å². The number of hydrogen-bond donors (Lipinski definition) is 2. The molecule has 12 heteroatoms. The Hall–Kier alpha value is -3.74. The zero-order valence-corrected chi connectivity index (χ0v) is 21.6. The van der Waals surface area contributed by atoms with Crippen molar-refractivity contribution in [1.82, 2.24) is 24.5 Å². The van der Waals surface area contributed by atoms with E-state index in [2.05, 4.69) is 10.3 Å². The highest BCUT2D eigenvalue weighted by molar-refractivity contribution is 6.05. The molecule has 3 N–H and O–H groups in total. The third-order valence-electron chi connectivity index (χ3n) is 6.65. The lowest BCUT2D eigenvalue weighted by molar-refractivity contribution is -0.138. The summed E-state index contributed by atoms with van der Waals surface area (Å²) >= 11 is 0. The van der Waals surface area contributed by atoms with Gasteiger partial charge in [-0.3, -0.25) is 14.5 Å². The smallest absolute Gasteiger partial charge is 0.363 e. The van der Waals surface area contributed by atoms with Crippen LogP contribution < -0.4 is 11.1 Å². The van der Waals surface area contributed by atoms with Crippen molar-refractivity contribution in [2.24, 2.45) is 12.8 Å². The van der Waals surface area contributed by atoms with E-state index in [0.717, 1.165) is 18.2 Å². The van der Waals surface area contributed by atoms with Crippen molar-refractivity contribution in [3.8, 4) is 11.3 Å². The normalized spacial score (nSPS) is 14.8. The first-order valence-electron chi connectivity index (χ1n) is 11.9. The molecule has 1 aliphatic heterocycles. The number of aromatic nitrogens is 2. The van der Waals surface area contributed by atoms with Gasteiger partial charge >= 0.3 is 6.18 Å². The molecule has 0 atom stereocenters. The van der Waals surface area contributed by atoms with Crippen LogP contribution in [0.2, 0.25) is 0 Å². The number of aryl methyl sites for hydroxylation is 1. The standard InChI is InChI=1S/C26H30F3N7O2/c1-16-5-6-17(11-20(16)22-13-31-24(23(30)37)34(22)4)25(38)32-19-8-7-18(21(12-19)26(27,28)29)14-35-9-10-36(15-35)33(2)3/h5-8,11-13H,9-10,14-15H2,1-4H3,(H2,30,37)(H,32,38). The van der Waals surface area contributed by atoms with Gasteiger partial charge in [0.25, 0.3) is 11.8 Å². The number of imidazole rings is 1. The Morgan fingerprint density at radius 2 is 1.87 bits per heavy atom. The molecule has 0 spiro atoms. The molecule has 2 heterocycles. The molecule has 2 aromatic carbocycles. The maximum Gasteiger partial charge on any atom is 0.416 e. The van der Waals surface area contributed by atoms with Gasteiger partial charge in [0.15, 0.2) is 5.82 Å². The molecule has 0 saturated carbocycles. The van der Waals surface area contributed by atoms with Gasteiger partial charge in [0.2, 0.25) is 0 Å². The summed E-state index contributed by atoms with van der Waals surface area (Å²) in [5.74, 6) is -1.18. The molecule has 0 radical (unpaired) electrons. The molecule has 4 rings (SSSR count). The molecule has 1 aromatic heterocycles. The van der Waals surface area contributed by atoms with E-state index in [-0.39, 0.29) is 29.2 Å². The van der Waals surface area contributed by atoms with E-state index in [1.165, 1.54) is 22.9 Å². The monoisotopic (exact) mass is 529 g/mol. The fraction of sp³-hybridized carbons (Fsp3) is 0.346. The van der Waals surface area contributed by atoms with E-state index >= 15 is 0 Å². The van der Waals surface area contributed by atoms with Crippen LogP contribution in [-0.4, -0.2) is 70.1 Å². The third-order valence-corrected chi connectivity index (χ3v) is 6.65. The second-order valence-electron chi connectivity index (χ2n) is 9.52. The van der Waals surface area contributed by atoms with Gasteiger partial charge in [-0.05, 0) is 42.3 Å². The van der Waals surface area contributed by atoms with Gasteiger partial charge in [-0.15, -0.1) is 0 Å². The molecule has 0 unspecified atom stereocenters. The number of nitrogens with one attached hydrogen (secondary N) is 1. The molecule has 1 fully saturated rings. The van der Waals surface area contributed by atoms with E-state index in [1.807, 2.05) is 35.9 Å². The molecular weight excluding hydrogens is 499 g/mol. The number of carbonyl (C=O) groups is 2. The third kappa shape index (κ3) is 5.72. The van der Waals surface area contributed by atoms with Gasteiger partial charge in [-0.1, -0.05) is 12.1 Å². The van der Waals surface area contributed by atoms with Gasteiger partial charge in [-0.2, -0.15) is 13.2 Å². The second kappa shape index (κ2) is 10.6. The number of hydrazine groups is 1. The fourth-order valence-corrected chi connectivity index (χ4v) is 4.51. The largest absolute Gasteiger partial charge is 0.416 e. The lowest BCUT2D eigenvalue weighted by Crippen LogP contribution is -2.36. The van der Waals surface area contributed by atoms with Crippen molar-refractivity contribution in [1.29, 1.82) is 0 Å². The van der Waals surface area contributed by atoms with Crippen LogP contribution in [0.5, 0.6) is 0 Å². The van der Waals surface area contributed by atoms with Crippen LogP contribution in [0, 0.1) is 6.92 Å². The van der Waals surface area contributed by atoms with Gasteiger partial charge < -0.3 is 15.6 Å². The molecule has 0 aliphatic carbocycles. The van der Waals surface area contributed by atoms with Crippen LogP contribution in [0.25, 0.3) is 11.3 Å². The Labute approximate surface area is 218 Å². The van der Waals surface area contributed by atoms with E-state index in [1.54, 1.807) is 25.2 Å². The number of anilines is 1. The maximum atomic E-state index is 14.0. The first-order valence-corrected chi connectivity index (χ1v) is 11.9. The molecular formula is C26H30F3N7O2. The Morgan fingerprint density at radius 3 is 2.47 bits per heavy atom. The molecule has 9 nitrogen and oxygen atoms in total. The average molecular weight is 530 g/mol. The van der Waals surface area contributed by atoms with Gasteiger partial charge in [0.05, 0.1) is 24.1 Å². The van der Waals surface area contributed by atoms with Gasteiger partial charge in [0, 0.05) is 57.6 Å².